The van der Waals surface area contributed by atoms with Gasteiger partial charge in [0, 0.05) is 17.5 Å². The molecule has 0 fully saturated rings. The van der Waals surface area contributed by atoms with E-state index in [2.05, 4.69) is 9.72 Å². The Morgan fingerprint density at radius 2 is 2.11 bits per heavy atom. The van der Waals surface area contributed by atoms with Crippen molar-refractivity contribution in [1.82, 2.24) is 4.98 Å². The van der Waals surface area contributed by atoms with Crippen LogP contribution in [0.15, 0.2) is 18.2 Å². The normalized spacial score (nSPS) is 11.8. The third kappa shape index (κ3) is 2.57. The average Bonchev–Trinajstić information content (AvgIpc) is 2.66. The van der Waals surface area contributed by atoms with E-state index < -0.39 is 11.7 Å². The van der Waals surface area contributed by atoms with Gasteiger partial charge in [-0.25, -0.2) is 0 Å². The number of carbonyl (C=O) groups is 1. The lowest BCUT2D eigenvalue weighted by atomic mass is 10.1. The van der Waals surface area contributed by atoms with Crippen LogP contribution in [-0.4, -0.2) is 18.1 Å². The molecule has 6 heteroatoms. The van der Waals surface area contributed by atoms with Gasteiger partial charge in [-0.1, -0.05) is 12.1 Å². The molecule has 0 radical (unpaired) electrons. The van der Waals surface area contributed by atoms with Gasteiger partial charge >= 0.3 is 6.18 Å². The monoisotopic (exact) mass is 271 g/mol. The molecule has 0 bridgehead atoms. The van der Waals surface area contributed by atoms with Crippen molar-refractivity contribution in [3.05, 3.63) is 35.0 Å². The number of H-pyrrole nitrogens is 1. The second kappa shape index (κ2) is 4.95. The molecule has 0 atom stereocenters. The number of nitrogens with one attached hydrogen (secondary N) is 1. The third-order valence-electron chi connectivity index (χ3n) is 3.04. The maximum atomic E-state index is 12.9. The maximum absolute atomic E-state index is 12.9. The average molecular weight is 271 g/mol. The lowest BCUT2D eigenvalue weighted by Crippen LogP contribution is -2.05. The van der Waals surface area contributed by atoms with Crippen LogP contribution in [-0.2, 0) is 22.1 Å². The molecule has 0 unspecified atom stereocenters. The van der Waals surface area contributed by atoms with Crippen LogP contribution >= 0.6 is 0 Å². The van der Waals surface area contributed by atoms with E-state index in [4.69, 9.17) is 0 Å². The molecule has 0 amide bonds. The summed E-state index contributed by atoms with van der Waals surface area (Å²) in [7, 11) is 0. The predicted molar refractivity (Wildman–Crippen MR) is 63.8 cm³/mol. The van der Waals surface area contributed by atoms with Crippen LogP contribution < -0.4 is 0 Å². The molecule has 0 aliphatic rings. The Morgan fingerprint density at radius 1 is 1.37 bits per heavy atom. The predicted octanol–water partition coefficient (Wildman–Crippen LogP) is 3.21. The summed E-state index contributed by atoms with van der Waals surface area (Å²) in [5.74, 6) is 0. The minimum Gasteiger partial charge on any atom is -0.467 e. The molecule has 2 rings (SSSR count). The van der Waals surface area contributed by atoms with Crippen molar-refractivity contribution in [2.45, 2.75) is 19.5 Å². The van der Waals surface area contributed by atoms with Gasteiger partial charge in [-0.05, 0) is 18.6 Å². The van der Waals surface area contributed by atoms with E-state index in [1.54, 1.807) is 13.0 Å². The van der Waals surface area contributed by atoms with Crippen LogP contribution in [0.25, 0.3) is 10.9 Å². The number of benzene rings is 1. The summed E-state index contributed by atoms with van der Waals surface area (Å²) in [6.07, 6.45) is -4.04. The van der Waals surface area contributed by atoms with E-state index in [0.717, 1.165) is 11.6 Å². The van der Waals surface area contributed by atoms with Crippen molar-refractivity contribution in [3.8, 4) is 0 Å². The van der Waals surface area contributed by atoms with E-state index in [9.17, 15) is 18.0 Å². The van der Waals surface area contributed by atoms with E-state index in [1.165, 1.54) is 6.07 Å². The van der Waals surface area contributed by atoms with Gasteiger partial charge in [0.1, 0.15) is 0 Å². The van der Waals surface area contributed by atoms with Gasteiger partial charge in [0.25, 0.3) is 6.47 Å². The summed E-state index contributed by atoms with van der Waals surface area (Å²) in [6, 6.07) is 4.07. The highest BCUT2D eigenvalue weighted by Crippen LogP contribution is 2.36. The lowest BCUT2D eigenvalue weighted by Gasteiger charge is -2.07. The summed E-state index contributed by atoms with van der Waals surface area (Å²) in [6.45, 7) is 2.20. The molecule has 1 N–H and O–H groups in total. The van der Waals surface area contributed by atoms with Crippen molar-refractivity contribution >= 4 is 17.4 Å². The number of hydrogen-bond donors (Lipinski definition) is 1. The van der Waals surface area contributed by atoms with E-state index in [0.29, 0.717) is 24.0 Å². The van der Waals surface area contributed by atoms with Gasteiger partial charge in [0.15, 0.2) is 0 Å². The van der Waals surface area contributed by atoms with Crippen LogP contribution in [0.4, 0.5) is 13.2 Å². The molecule has 0 saturated carbocycles. The standard InChI is InChI=1S/C13H12F3NO2/c1-8-9-3-2-4-10(13(14,15)16)12(9)17-11(8)5-6-19-7-18/h2-4,7,17H,5-6H2,1H3. The van der Waals surface area contributed by atoms with Crippen LogP contribution in [0, 0.1) is 6.92 Å². The summed E-state index contributed by atoms with van der Waals surface area (Å²) in [4.78, 5) is 12.8. The van der Waals surface area contributed by atoms with Crippen LogP contribution in [0.2, 0.25) is 0 Å². The fraction of sp³-hybridized carbons (Fsp3) is 0.308. The fourth-order valence-corrected chi connectivity index (χ4v) is 2.10. The van der Waals surface area contributed by atoms with Crippen molar-refractivity contribution in [1.29, 1.82) is 0 Å². The Morgan fingerprint density at radius 3 is 2.74 bits per heavy atom. The number of hydrogen-bond acceptors (Lipinski definition) is 2. The number of rotatable bonds is 4. The molecule has 102 valence electrons. The number of aryl methyl sites for hydroxylation is 1. The van der Waals surface area contributed by atoms with Crippen molar-refractivity contribution in [3.63, 3.8) is 0 Å². The van der Waals surface area contributed by atoms with E-state index in [-0.39, 0.29) is 12.1 Å². The van der Waals surface area contributed by atoms with Gasteiger partial charge in [-0.2, -0.15) is 13.2 Å². The SMILES string of the molecule is Cc1c(CCOC=O)[nH]c2c(C(F)(F)F)cccc12. The van der Waals surface area contributed by atoms with E-state index in [1.807, 2.05) is 0 Å². The molecule has 1 aromatic carbocycles. The number of alkyl halides is 3. The number of aromatic amines is 1. The van der Waals surface area contributed by atoms with Gasteiger partial charge in [0.05, 0.1) is 17.7 Å². The van der Waals surface area contributed by atoms with Crippen LogP contribution in [0.1, 0.15) is 16.8 Å². The van der Waals surface area contributed by atoms with E-state index >= 15 is 0 Å². The summed E-state index contributed by atoms with van der Waals surface area (Å²) < 4.78 is 43.2. The second-order valence-electron chi connectivity index (χ2n) is 4.17. The Bertz CT molecular complexity index is 602. The lowest BCUT2D eigenvalue weighted by molar-refractivity contribution is -0.136. The number of ether oxygens (including phenoxy) is 1. The number of fused-ring (bicyclic) bond motifs is 1. The fourth-order valence-electron chi connectivity index (χ4n) is 2.10. The minimum absolute atomic E-state index is 0.0774. The first-order valence-electron chi connectivity index (χ1n) is 5.67. The van der Waals surface area contributed by atoms with Gasteiger partial charge in [-0.15, -0.1) is 0 Å². The molecule has 0 aliphatic heterocycles. The molecule has 0 spiro atoms. The Hall–Kier alpha value is -1.98. The summed E-state index contributed by atoms with van der Waals surface area (Å²) in [5, 5.41) is 0.538. The first kappa shape index (κ1) is 13.5. The second-order valence-corrected chi connectivity index (χ2v) is 4.17. The third-order valence-corrected chi connectivity index (χ3v) is 3.04. The first-order chi connectivity index (χ1) is 8.95. The first-order valence-corrected chi connectivity index (χ1v) is 5.67. The number of aromatic nitrogens is 1. The molecule has 3 nitrogen and oxygen atoms in total. The van der Waals surface area contributed by atoms with Crippen molar-refractivity contribution in [2.75, 3.05) is 6.61 Å². The van der Waals surface area contributed by atoms with Gasteiger partial charge in [0.2, 0.25) is 0 Å². The molecular weight excluding hydrogens is 259 g/mol. The van der Waals surface area contributed by atoms with Crippen molar-refractivity contribution in [2.24, 2.45) is 0 Å². The molecular formula is C13H12F3NO2. The highest BCUT2D eigenvalue weighted by atomic mass is 19.4. The minimum atomic E-state index is -4.40. The highest BCUT2D eigenvalue weighted by Gasteiger charge is 2.33. The maximum Gasteiger partial charge on any atom is 0.418 e. The zero-order valence-corrected chi connectivity index (χ0v) is 10.2. The molecule has 19 heavy (non-hydrogen) atoms. The Balaban J connectivity index is 2.47. The molecule has 2 aromatic rings. The van der Waals surface area contributed by atoms with Crippen LogP contribution in [0.3, 0.4) is 0 Å². The topological polar surface area (TPSA) is 42.1 Å². The van der Waals surface area contributed by atoms with Crippen LogP contribution in [0.5, 0.6) is 0 Å². The Labute approximate surface area is 107 Å². The zero-order valence-electron chi connectivity index (χ0n) is 10.2. The largest absolute Gasteiger partial charge is 0.467 e. The smallest absolute Gasteiger partial charge is 0.418 e. The highest BCUT2D eigenvalue weighted by molar-refractivity contribution is 5.87. The molecule has 0 aliphatic carbocycles. The summed E-state index contributed by atoms with van der Waals surface area (Å²) in [5.41, 5.74) is 0.786. The number of para-hydroxylation sites is 1. The van der Waals surface area contributed by atoms with Crippen molar-refractivity contribution < 1.29 is 22.7 Å². The van der Waals surface area contributed by atoms with Gasteiger partial charge in [-0.3, -0.25) is 4.79 Å². The molecule has 1 heterocycles. The molecule has 0 saturated heterocycles. The number of carbonyl (C=O) groups excluding carboxylic acids is 1. The van der Waals surface area contributed by atoms with Gasteiger partial charge < -0.3 is 9.72 Å². The quantitative estimate of drug-likeness (QED) is 0.685. The molecule has 1 aromatic heterocycles. The number of halogens is 3. The Kier molecular flexibility index (Phi) is 3.50. The summed E-state index contributed by atoms with van der Waals surface area (Å²) >= 11 is 0. The zero-order chi connectivity index (χ0) is 14.0.